The highest BCUT2D eigenvalue weighted by molar-refractivity contribution is 5.80. The van der Waals surface area contributed by atoms with E-state index < -0.39 is 12.0 Å². The van der Waals surface area contributed by atoms with Gasteiger partial charge in [0, 0.05) is 18.2 Å². The summed E-state index contributed by atoms with van der Waals surface area (Å²) in [5.41, 5.74) is 2.55. The van der Waals surface area contributed by atoms with Crippen LogP contribution in [0.25, 0.3) is 11.3 Å². The van der Waals surface area contributed by atoms with Gasteiger partial charge in [0.25, 0.3) is 0 Å². The van der Waals surface area contributed by atoms with Crippen molar-refractivity contribution in [1.82, 2.24) is 15.8 Å². The molecule has 1 heterocycles. The van der Waals surface area contributed by atoms with Gasteiger partial charge in [-0.25, -0.2) is 4.79 Å². The zero-order valence-corrected chi connectivity index (χ0v) is 14.6. The van der Waals surface area contributed by atoms with Gasteiger partial charge in [0.2, 0.25) is 0 Å². The number of hydrogen-bond donors (Lipinski definition) is 2. The molecule has 0 aliphatic rings. The molecule has 0 unspecified atom stereocenters. The Balaban J connectivity index is 1.37. The number of aromatic nitrogens is 1. The van der Waals surface area contributed by atoms with Crippen LogP contribution in [0.15, 0.2) is 71.3 Å². The molecule has 2 amide bonds. The van der Waals surface area contributed by atoms with E-state index in [9.17, 15) is 9.59 Å². The first-order valence-electron chi connectivity index (χ1n) is 8.43. The molecule has 0 atom stereocenters. The number of benzene rings is 2. The second-order valence-corrected chi connectivity index (χ2v) is 5.73. The van der Waals surface area contributed by atoms with E-state index in [0.29, 0.717) is 18.0 Å². The molecule has 0 saturated heterocycles. The molecule has 7 heteroatoms. The van der Waals surface area contributed by atoms with Crippen LogP contribution in [-0.2, 0) is 22.7 Å². The SMILES string of the molecule is O=C(NCC(=O)OCc1cc(-c2ccccc2)no1)NCc1ccccc1. The van der Waals surface area contributed by atoms with Crippen molar-refractivity contribution in [2.75, 3.05) is 6.54 Å². The predicted octanol–water partition coefficient (Wildman–Crippen LogP) is 2.88. The molecule has 27 heavy (non-hydrogen) atoms. The van der Waals surface area contributed by atoms with E-state index in [-0.39, 0.29) is 13.2 Å². The fraction of sp³-hybridized carbons (Fsp3) is 0.150. The number of carbonyl (C=O) groups is 2. The van der Waals surface area contributed by atoms with Crippen LogP contribution < -0.4 is 10.6 Å². The Morgan fingerprint density at radius 3 is 2.41 bits per heavy atom. The maximum atomic E-state index is 11.7. The third-order valence-electron chi connectivity index (χ3n) is 3.69. The molecule has 0 fully saturated rings. The third-order valence-corrected chi connectivity index (χ3v) is 3.69. The van der Waals surface area contributed by atoms with Gasteiger partial charge in [-0.05, 0) is 5.56 Å². The van der Waals surface area contributed by atoms with Crippen molar-refractivity contribution in [2.45, 2.75) is 13.2 Å². The number of rotatable bonds is 7. The van der Waals surface area contributed by atoms with Crippen LogP contribution in [0.2, 0.25) is 0 Å². The Bertz CT molecular complexity index is 879. The summed E-state index contributed by atoms with van der Waals surface area (Å²) >= 11 is 0. The molecule has 0 aliphatic heterocycles. The molecular weight excluding hydrogens is 346 g/mol. The highest BCUT2D eigenvalue weighted by Gasteiger charge is 2.10. The van der Waals surface area contributed by atoms with Gasteiger partial charge in [-0.15, -0.1) is 0 Å². The molecular formula is C20H19N3O4. The summed E-state index contributed by atoms with van der Waals surface area (Å²) in [7, 11) is 0. The molecule has 138 valence electrons. The lowest BCUT2D eigenvalue weighted by Gasteiger charge is -2.07. The van der Waals surface area contributed by atoms with E-state index in [2.05, 4.69) is 15.8 Å². The van der Waals surface area contributed by atoms with Crippen LogP contribution in [0.3, 0.4) is 0 Å². The number of esters is 1. The largest absolute Gasteiger partial charge is 0.456 e. The average Bonchev–Trinajstić information content (AvgIpc) is 3.20. The van der Waals surface area contributed by atoms with Crippen molar-refractivity contribution >= 4 is 12.0 Å². The lowest BCUT2D eigenvalue weighted by molar-refractivity contribution is -0.144. The average molecular weight is 365 g/mol. The minimum Gasteiger partial charge on any atom is -0.456 e. The molecule has 2 aromatic carbocycles. The van der Waals surface area contributed by atoms with Gasteiger partial charge in [-0.2, -0.15) is 0 Å². The number of nitrogens with zero attached hydrogens (tertiary/aromatic N) is 1. The summed E-state index contributed by atoms with van der Waals surface area (Å²) in [6.45, 7) is 0.0916. The number of carbonyl (C=O) groups excluding carboxylic acids is 2. The maximum Gasteiger partial charge on any atom is 0.325 e. The number of urea groups is 1. The van der Waals surface area contributed by atoms with Crippen molar-refractivity contribution in [1.29, 1.82) is 0 Å². The van der Waals surface area contributed by atoms with Crippen LogP contribution in [0.1, 0.15) is 11.3 Å². The maximum absolute atomic E-state index is 11.7. The first kappa shape index (κ1) is 18.2. The Labute approximate surface area is 156 Å². The molecule has 0 radical (unpaired) electrons. The summed E-state index contributed by atoms with van der Waals surface area (Å²) in [5.74, 6) is -0.141. The van der Waals surface area contributed by atoms with Crippen LogP contribution >= 0.6 is 0 Å². The summed E-state index contributed by atoms with van der Waals surface area (Å²) in [6.07, 6.45) is 0. The molecule has 7 nitrogen and oxygen atoms in total. The highest BCUT2D eigenvalue weighted by Crippen LogP contribution is 2.18. The summed E-state index contributed by atoms with van der Waals surface area (Å²) < 4.78 is 10.2. The number of hydrogen-bond acceptors (Lipinski definition) is 5. The quantitative estimate of drug-likeness (QED) is 0.628. The number of ether oxygens (including phenoxy) is 1. The van der Waals surface area contributed by atoms with Gasteiger partial charge in [-0.1, -0.05) is 65.8 Å². The monoisotopic (exact) mass is 365 g/mol. The van der Waals surface area contributed by atoms with Crippen LogP contribution in [0.4, 0.5) is 4.79 Å². The van der Waals surface area contributed by atoms with E-state index in [1.54, 1.807) is 6.07 Å². The zero-order valence-electron chi connectivity index (χ0n) is 14.6. The first-order valence-corrected chi connectivity index (χ1v) is 8.43. The van der Waals surface area contributed by atoms with Crippen LogP contribution in [-0.4, -0.2) is 23.7 Å². The van der Waals surface area contributed by atoms with E-state index in [4.69, 9.17) is 9.26 Å². The smallest absolute Gasteiger partial charge is 0.325 e. The van der Waals surface area contributed by atoms with E-state index in [1.165, 1.54) is 0 Å². The topological polar surface area (TPSA) is 93.5 Å². The standard InChI is InChI=1S/C20H19N3O4/c24-19(13-22-20(25)21-12-15-7-3-1-4-8-15)26-14-17-11-18(23-27-17)16-9-5-2-6-10-16/h1-11H,12-14H2,(H2,21,22,25). The van der Waals surface area contributed by atoms with Gasteiger partial charge in [0.1, 0.15) is 12.2 Å². The van der Waals surface area contributed by atoms with E-state index in [0.717, 1.165) is 11.1 Å². The number of nitrogens with one attached hydrogen (secondary N) is 2. The molecule has 0 saturated carbocycles. The zero-order chi connectivity index (χ0) is 18.9. The number of amides is 2. The molecule has 2 N–H and O–H groups in total. The van der Waals surface area contributed by atoms with Gasteiger partial charge in [-0.3, -0.25) is 4.79 Å². The minimum absolute atomic E-state index is 0.0496. The Kier molecular flexibility index (Phi) is 6.19. The lowest BCUT2D eigenvalue weighted by Crippen LogP contribution is -2.38. The molecule has 0 aliphatic carbocycles. The molecule has 1 aromatic heterocycles. The third kappa shape index (κ3) is 5.71. The van der Waals surface area contributed by atoms with Gasteiger partial charge in [0.15, 0.2) is 12.4 Å². The van der Waals surface area contributed by atoms with Gasteiger partial charge < -0.3 is 19.9 Å². The molecule has 3 aromatic rings. The fourth-order valence-electron chi connectivity index (χ4n) is 2.32. The summed E-state index contributed by atoms with van der Waals surface area (Å²) in [4.78, 5) is 23.4. The molecule has 0 bridgehead atoms. The van der Waals surface area contributed by atoms with E-state index >= 15 is 0 Å². The van der Waals surface area contributed by atoms with Crippen molar-refractivity contribution < 1.29 is 18.8 Å². The summed E-state index contributed by atoms with van der Waals surface area (Å²) in [5, 5.41) is 9.06. The van der Waals surface area contributed by atoms with Crippen LogP contribution in [0, 0.1) is 0 Å². The molecule has 0 spiro atoms. The fourth-order valence-corrected chi connectivity index (χ4v) is 2.32. The van der Waals surface area contributed by atoms with Crippen molar-refractivity contribution in [3.05, 3.63) is 78.1 Å². The molecule has 3 rings (SSSR count). The van der Waals surface area contributed by atoms with Crippen molar-refractivity contribution in [3.63, 3.8) is 0 Å². The Hall–Kier alpha value is -3.61. The second-order valence-electron chi connectivity index (χ2n) is 5.73. The second kappa shape index (κ2) is 9.19. The predicted molar refractivity (Wildman–Crippen MR) is 98.4 cm³/mol. The van der Waals surface area contributed by atoms with Crippen molar-refractivity contribution in [3.8, 4) is 11.3 Å². The van der Waals surface area contributed by atoms with E-state index in [1.807, 2.05) is 60.7 Å². The minimum atomic E-state index is -0.567. The van der Waals surface area contributed by atoms with Gasteiger partial charge in [0.05, 0.1) is 0 Å². The highest BCUT2D eigenvalue weighted by atomic mass is 16.5. The van der Waals surface area contributed by atoms with Crippen LogP contribution in [0.5, 0.6) is 0 Å². The normalized spacial score (nSPS) is 10.2. The summed E-state index contributed by atoms with van der Waals surface area (Å²) in [6, 6.07) is 20.3. The first-order chi connectivity index (χ1) is 13.2. The Morgan fingerprint density at radius 2 is 1.67 bits per heavy atom. The Morgan fingerprint density at radius 1 is 0.963 bits per heavy atom. The van der Waals surface area contributed by atoms with Crippen molar-refractivity contribution in [2.24, 2.45) is 0 Å². The lowest BCUT2D eigenvalue weighted by atomic mass is 10.1. The van der Waals surface area contributed by atoms with Gasteiger partial charge >= 0.3 is 12.0 Å².